The number of nitrogens with two attached hydrogens (primary N) is 2. The minimum atomic E-state index is -0.529. The van der Waals surface area contributed by atoms with E-state index >= 15 is 0 Å². The lowest BCUT2D eigenvalue weighted by Crippen LogP contribution is -2.30. The van der Waals surface area contributed by atoms with Gasteiger partial charge >= 0.3 is 0 Å². The lowest BCUT2D eigenvalue weighted by molar-refractivity contribution is 0.0903. The van der Waals surface area contributed by atoms with Gasteiger partial charge in [-0.1, -0.05) is 0 Å². The van der Waals surface area contributed by atoms with E-state index in [0.717, 1.165) is 12.8 Å². The van der Waals surface area contributed by atoms with E-state index in [9.17, 15) is 9.59 Å². The molecule has 0 aromatic heterocycles. The summed E-state index contributed by atoms with van der Waals surface area (Å²) in [5.74, 6) is -1.05. The van der Waals surface area contributed by atoms with Gasteiger partial charge in [0.05, 0.1) is 11.3 Å². The molecule has 0 spiro atoms. The lowest BCUT2D eigenvalue weighted by Gasteiger charge is -2.26. The number of carbonyl (C=O) groups excluding carboxylic acids is 2. The molecule has 1 aliphatic rings. The average molecular weight is 277 g/mol. The van der Waals surface area contributed by atoms with Crippen molar-refractivity contribution >= 4 is 17.5 Å². The van der Waals surface area contributed by atoms with Crippen LogP contribution in [0.5, 0.6) is 0 Å². The van der Waals surface area contributed by atoms with Gasteiger partial charge in [-0.3, -0.25) is 9.59 Å². The molecule has 1 fully saturated rings. The highest BCUT2D eigenvalue weighted by Gasteiger charge is 2.20. The molecule has 5 N–H and O–H groups in total. The summed E-state index contributed by atoms with van der Waals surface area (Å²) in [4.78, 5) is 22.9. The highest BCUT2D eigenvalue weighted by atomic mass is 16.5. The van der Waals surface area contributed by atoms with Gasteiger partial charge in [-0.15, -0.1) is 0 Å². The van der Waals surface area contributed by atoms with E-state index in [1.165, 1.54) is 12.1 Å². The summed E-state index contributed by atoms with van der Waals surface area (Å²) in [7, 11) is 0. The fourth-order valence-electron chi connectivity index (χ4n) is 2.42. The van der Waals surface area contributed by atoms with Crippen molar-refractivity contribution in [3.05, 3.63) is 28.8 Å². The summed E-state index contributed by atoms with van der Waals surface area (Å²) in [5.41, 5.74) is 12.8. The molecule has 6 nitrogen and oxygen atoms in total. The van der Waals surface area contributed by atoms with Crippen LogP contribution in [0.15, 0.2) is 12.1 Å². The maximum Gasteiger partial charge on any atom is 0.250 e. The van der Waals surface area contributed by atoms with Crippen LogP contribution in [0.25, 0.3) is 0 Å². The Morgan fingerprint density at radius 3 is 2.25 bits per heavy atom. The molecule has 6 heteroatoms. The average Bonchev–Trinajstić information content (AvgIpc) is 2.41. The molecule has 2 amide bonds. The first-order chi connectivity index (χ1) is 9.50. The second-order valence-electron chi connectivity index (χ2n) is 4.92. The molecule has 0 saturated carbocycles. The van der Waals surface area contributed by atoms with Crippen LogP contribution in [-0.2, 0) is 4.74 Å². The van der Waals surface area contributed by atoms with E-state index in [0.29, 0.717) is 35.6 Å². The zero-order chi connectivity index (χ0) is 14.7. The third-order valence-corrected chi connectivity index (χ3v) is 3.57. The number of anilines is 1. The number of benzene rings is 1. The van der Waals surface area contributed by atoms with Crippen LogP contribution in [0, 0.1) is 6.92 Å². The molecule has 0 bridgehead atoms. The molecule has 0 atom stereocenters. The van der Waals surface area contributed by atoms with Gasteiger partial charge in [0.2, 0.25) is 5.91 Å². The number of nitrogens with one attached hydrogen (secondary N) is 1. The van der Waals surface area contributed by atoms with Gasteiger partial charge in [-0.05, 0) is 37.5 Å². The van der Waals surface area contributed by atoms with Crippen LogP contribution in [-0.4, -0.2) is 31.1 Å². The van der Waals surface area contributed by atoms with Gasteiger partial charge in [0, 0.05) is 24.8 Å². The number of amides is 2. The molecular weight excluding hydrogens is 258 g/mol. The molecule has 1 aromatic rings. The van der Waals surface area contributed by atoms with Crippen molar-refractivity contribution in [3.8, 4) is 0 Å². The van der Waals surface area contributed by atoms with E-state index < -0.39 is 11.8 Å². The minimum Gasteiger partial charge on any atom is -0.381 e. The molecule has 20 heavy (non-hydrogen) atoms. The van der Waals surface area contributed by atoms with Gasteiger partial charge in [0.1, 0.15) is 0 Å². The zero-order valence-corrected chi connectivity index (χ0v) is 11.4. The van der Waals surface area contributed by atoms with E-state index in [2.05, 4.69) is 5.32 Å². The number of hydrogen-bond acceptors (Lipinski definition) is 4. The standard InChI is InChI=1S/C14H19N3O3/c1-8-10(13(15)18)2-3-11(14(16)19)12(8)17-9-4-6-20-7-5-9/h2-3,9,17H,4-7H2,1H3,(H2,15,18)(H2,16,19). The highest BCUT2D eigenvalue weighted by Crippen LogP contribution is 2.26. The smallest absolute Gasteiger partial charge is 0.250 e. The monoisotopic (exact) mass is 277 g/mol. The van der Waals surface area contributed by atoms with Crippen molar-refractivity contribution in [1.29, 1.82) is 0 Å². The first kappa shape index (κ1) is 14.3. The normalized spacial score (nSPS) is 15.8. The molecule has 108 valence electrons. The first-order valence-electron chi connectivity index (χ1n) is 6.58. The number of ether oxygens (including phenoxy) is 1. The molecule has 0 unspecified atom stereocenters. The lowest BCUT2D eigenvalue weighted by atomic mass is 9.99. The molecule has 0 aliphatic carbocycles. The van der Waals surface area contributed by atoms with Gasteiger partial charge in [0.25, 0.3) is 5.91 Å². The van der Waals surface area contributed by atoms with Crippen molar-refractivity contribution in [2.24, 2.45) is 11.5 Å². The molecule has 1 saturated heterocycles. The van der Waals surface area contributed by atoms with Crippen LogP contribution < -0.4 is 16.8 Å². The molecule has 1 aromatic carbocycles. The van der Waals surface area contributed by atoms with Gasteiger partial charge in [-0.25, -0.2) is 0 Å². The van der Waals surface area contributed by atoms with Crippen molar-refractivity contribution in [2.45, 2.75) is 25.8 Å². The Hall–Kier alpha value is -2.08. The van der Waals surface area contributed by atoms with Crippen molar-refractivity contribution in [1.82, 2.24) is 0 Å². The molecule has 0 radical (unpaired) electrons. The summed E-state index contributed by atoms with van der Waals surface area (Å²) < 4.78 is 5.30. The summed E-state index contributed by atoms with van der Waals surface area (Å²) in [6, 6.07) is 3.27. The number of rotatable bonds is 4. The van der Waals surface area contributed by atoms with Crippen LogP contribution in [0.3, 0.4) is 0 Å². The topological polar surface area (TPSA) is 107 Å². The number of primary amides is 2. The van der Waals surface area contributed by atoms with E-state index in [-0.39, 0.29) is 6.04 Å². The van der Waals surface area contributed by atoms with Gasteiger partial charge in [-0.2, -0.15) is 0 Å². The first-order valence-corrected chi connectivity index (χ1v) is 6.58. The van der Waals surface area contributed by atoms with Gasteiger partial charge < -0.3 is 21.5 Å². The molecule has 1 heterocycles. The molecule has 2 rings (SSSR count). The predicted octanol–water partition coefficient (Wildman–Crippen LogP) is 0.784. The second kappa shape index (κ2) is 5.92. The Morgan fingerprint density at radius 1 is 1.15 bits per heavy atom. The Balaban J connectivity index is 2.38. The molecule has 1 aliphatic heterocycles. The summed E-state index contributed by atoms with van der Waals surface area (Å²) in [6.45, 7) is 3.12. The van der Waals surface area contributed by atoms with Crippen molar-refractivity contribution in [3.63, 3.8) is 0 Å². The Labute approximate surface area is 117 Å². The fraction of sp³-hybridized carbons (Fsp3) is 0.429. The Morgan fingerprint density at radius 2 is 1.70 bits per heavy atom. The maximum atomic E-state index is 11.5. The van der Waals surface area contributed by atoms with Gasteiger partial charge in [0.15, 0.2) is 0 Å². The van der Waals surface area contributed by atoms with Crippen LogP contribution in [0.4, 0.5) is 5.69 Å². The van der Waals surface area contributed by atoms with Crippen LogP contribution >= 0.6 is 0 Å². The summed E-state index contributed by atoms with van der Waals surface area (Å²) >= 11 is 0. The third-order valence-electron chi connectivity index (χ3n) is 3.57. The predicted molar refractivity (Wildman–Crippen MR) is 75.7 cm³/mol. The third kappa shape index (κ3) is 2.91. The largest absolute Gasteiger partial charge is 0.381 e. The maximum absolute atomic E-state index is 11.5. The van der Waals surface area contributed by atoms with E-state index in [1.54, 1.807) is 6.92 Å². The fourth-order valence-corrected chi connectivity index (χ4v) is 2.42. The van der Waals surface area contributed by atoms with Crippen LogP contribution in [0.1, 0.15) is 39.1 Å². The Kier molecular flexibility index (Phi) is 4.24. The SMILES string of the molecule is Cc1c(C(N)=O)ccc(C(N)=O)c1NC1CCOCC1. The van der Waals surface area contributed by atoms with Crippen LogP contribution in [0.2, 0.25) is 0 Å². The zero-order valence-electron chi connectivity index (χ0n) is 11.4. The minimum absolute atomic E-state index is 0.198. The Bertz CT molecular complexity index is 537. The molecular formula is C14H19N3O3. The summed E-state index contributed by atoms with van der Waals surface area (Å²) in [6.07, 6.45) is 1.69. The van der Waals surface area contributed by atoms with Crippen molar-refractivity contribution in [2.75, 3.05) is 18.5 Å². The van der Waals surface area contributed by atoms with Crippen molar-refractivity contribution < 1.29 is 14.3 Å². The second-order valence-corrected chi connectivity index (χ2v) is 4.92. The number of hydrogen-bond donors (Lipinski definition) is 3. The highest BCUT2D eigenvalue weighted by molar-refractivity contribution is 6.03. The summed E-state index contributed by atoms with van der Waals surface area (Å²) in [5, 5.41) is 3.31. The van der Waals surface area contributed by atoms with E-state index in [4.69, 9.17) is 16.2 Å². The van der Waals surface area contributed by atoms with E-state index in [1.807, 2.05) is 0 Å². The number of carbonyl (C=O) groups is 2. The quantitative estimate of drug-likeness (QED) is 0.756.